The predicted octanol–water partition coefficient (Wildman–Crippen LogP) is 3.69. The Morgan fingerprint density at radius 3 is 2.25 bits per heavy atom. The second kappa shape index (κ2) is 8.95. The summed E-state index contributed by atoms with van der Waals surface area (Å²) in [6.45, 7) is 6.60. The van der Waals surface area contributed by atoms with E-state index in [0.717, 1.165) is 24.2 Å². The lowest BCUT2D eigenvalue weighted by molar-refractivity contribution is -0.130. The molecule has 1 aliphatic heterocycles. The number of hydrogen-bond donors (Lipinski definition) is 1. The Morgan fingerprint density at radius 1 is 1.00 bits per heavy atom. The number of rotatable bonds is 4. The summed E-state index contributed by atoms with van der Waals surface area (Å²) in [5, 5.41) is 3.96. The highest BCUT2D eigenvalue weighted by atomic mass is 35.5. The summed E-state index contributed by atoms with van der Waals surface area (Å²) < 4.78 is 0. The topological polar surface area (TPSA) is 52.7 Å². The van der Waals surface area contributed by atoms with Crippen LogP contribution in [0.1, 0.15) is 21.5 Å². The molecule has 0 aromatic heterocycles. The number of carbonyl (C=O) groups excluding carboxylic acids is 2. The van der Waals surface area contributed by atoms with Gasteiger partial charge in [0.25, 0.3) is 5.91 Å². The van der Waals surface area contributed by atoms with Crippen molar-refractivity contribution < 1.29 is 9.59 Å². The Bertz CT molecular complexity index is 875. The first-order valence-corrected chi connectivity index (χ1v) is 9.94. The van der Waals surface area contributed by atoms with Crippen molar-refractivity contribution in [3.8, 4) is 0 Å². The SMILES string of the molecule is Cc1cc(C)cc(C(=O)N(CC(=O)N2CCNCC2)c2ccc(Cl)c(Cl)c2)c1. The van der Waals surface area contributed by atoms with Crippen molar-refractivity contribution in [3.63, 3.8) is 0 Å². The van der Waals surface area contributed by atoms with Crippen molar-refractivity contribution in [3.05, 3.63) is 63.1 Å². The molecule has 1 fully saturated rings. The van der Waals surface area contributed by atoms with Gasteiger partial charge in [-0.1, -0.05) is 40.4 Å². The molecule has 0 spiro atoms. The fraction of sp³-hybridized carbons (Fsp3) is 0.333. The third-order valence-corrected chi connectivity index (χ3v) is 5.43. The van der Waals surface area contributed by atoms with Crippen LogP contribution in [0.4, 0.5) is 5.69 Å². The number of aryl methyl sites for hydroxylation is 2. The number of nitrogens with one attached hydrogen (secondary N) is 1. The first-order valence-electron chi connectivity index (χ1n) is 9.19. The minimum Gasteiger partial charge on any atom is -0.339 e. The molecule has 0 saturated carbocycles. The van der Waals surface area contributed by atoms with E-state index in [4.69, 9.17) is 23.2 Å². The minimum absolute atomic E-state index is 0.0518. The zero-order valence-electron chi connectivity index (χ0n) is 16.0. The van der Waals surface area contributed by atoms with Crippen LogP contribution in [-0.4, -0.2) is 49.4 Å². The number of hydrogen-bond acceptors (Lipinski definition) is 3. The van der Waals surface area contributed by atoms with Gasteiger partial charge in [0.1, 0.15) is 6.54 Å². The predicted molar refractivity (Wildman–Crippen MR) is 114 cm³/mol. The van der Waals surface area contributed by atoms with E-state index >= 15 is 0 Å². The third kappa shape index (κ3) is 4.85. The van der Waals surface area contributed by atoms with Crippen LogP contribution in [0.3, 0.4) is 0 Å². The summed E-state index contributed by atoms with van der Waals surface area (Å²) in [5.74, 6) is -0.334. The van der Waals surface area contributed by atoms with E-state index in [-0.39, 0.29) is 18.4 Å². The monoisotopic (exact) mass is 419 g/mol. The number of halogens is 2. The van der Waals surface area contributed by atoms with Crippen LogP contribution >= 0.6 is 23.2 Å². The second-order valence-corrected chi connectivity index (χ2v) is 7.81. The van der Waals surface area contributed by atoms with E-state index in [1.54, 1.807) is 23.1 Å². The van der Waals surface area contributed by atoms with E-state index in [1.165, 1.54) is 4.90 Å². The van der Waals surface area contributed by atoms with Gasteiger partial charge in [0.15, 0.2) is 0 Å². The van der Waals surface area contributed by atoms with Crippen LogP contribution in [-0.2, 0) is 4.79 Å². The maximum Gasteiger partial charge on any atom is 0.258 e. The van der Waals surface area contributed by atoms with Crippen LogP contribution in [0.5, 0.6) is 0 Å². The van der Waals surface area contributed by atoms with Gasteiger partial charge in [0.05, 0.1) is 10.0 Å². The highest BCUT2D eigenvalue weighted by molar-refractivity contribution is 6.42. The van der Waals surface area contributed by atoms with Gasteiger partial charge >= 0.3 is 0 Å². The van der Waals surface area contributed by atoms with E-state index in [2.05, 4.69) is 5.32 Å². The number of nitrogens with zero attached hydrogens (tertiary/aromatic N) is 2. The Hall–Kier alpha value is -2.08. The van der Waals surface area contributed by atoms with E-state index in [1.807, 2.05) is 32.0 Å². The minimum atomic E-state index is -0.242. The molecule has 2 aromatic carbocycles. The Morgan fingerprint density at radius 2 is 1.64 bits per heavy atom. The molecular weight excluding hydrogens is 397 g/mol. The fourth-order valence-electron chi connectivity index (χ4n) is 3.34. The average Bonchev–Trinajstić information content (AvgIpc) is 2.67. The fourth-order valence-corrected chi connectivity index (χ4v) is 3.63. The van der Waals surface area contributed by atoms with Crippen LogP contribution in [0.15, 0.2) is 36.4 Å². The first-order chi connectivity index (χ1) is 13.3. The molecule has 1 aliphatic rings. The summed E-state index contributed by atoms with van der Waals surface area (Å²) in [6.07, 6.45) is 0. The number of carbonyl (C=O) groups is 2. The molecule has 0 radical (unpaired) electrons. The average molecular weight is 420 g/mol. The van der Waals surface area contributed by atoms with Gasteiger partial charge in [0, 0.05) is 37.4 Å². The van der Waals surface area contributed by atoms with Gasteiger partial charge in [-0.2, -0.15) is 0 Å². The smallest absolute Gasteiger partial charge is 0.258 e. The zero-order chi connectivity index (χ0) is 20.3. The Balaban J connectivity index is 1.94. The van der Waals surface area contributed by atoms with Crippen LogP contribution in [0, 0.1) is 13.8 Å². The summed E-state index contributed by atoms with van der Waals surface area (Å²) in [6, 6.07) is 10.6. The first kappa shape index (κ1) is 20.6. The summed E-state index contributed by atoms with van der Waals surface area (Å²) in [5.41, 5.74) is 3.07. The Kier molecular flexibility index (Phi) is 6.60. The van der Waals surface area contributed by atoms with Crippen LogP contribution < -0.4 is 10.2 Å². The molecule has 1 N–H and O–H groups in total. The number of piperazine rings is 1. The quantitative estimate of drug-likeness (QED) is 0.821. The van der Waals surface area contributed by atoms with Gasteiger partial charge in [-0.15, -0.1) is 0 Å². The van der Waals surface area contributed by atoms with Gasteiger partial charge in [-0.3, -0.25) is 14.5 Å². The summed E-state index contributed by atoms with van der Waals surface area (Å²) >= 11 is 12.2. The molecule has 1 saturated heterocycles. The molecule has 0 bridgehead atoms. The van der Waals surface area contributed by atoms with E-state index in [9.17, 15) is 9.59 Å². The maximum atomic E-state index is 13.3. The molecular formula is C21H23Cl2N3O2. The molecule has 28 heavy (non-hydrogen) atoms. The third-order valence-electron chi connectivity index (χ3n) is 4.69. The van der Waals surface area contributed by atoms with Crippen LogP contribution in [0.25, 0.3) is 0 Å². The highest BCUT2D eigenvalue weighted by Gasteiger charge is 2.25. The molecule has 2 amide bonds. The van der Waals surface area contributed by atoms with Gasteiger partial charge in [0.2, 0.25) is 5.91 Å². The van der Waals surface area contributed by atoms with E-state index in [0.29, 0.717) is 34.4 Å². The van der Waals surface area contributed by atoms with Gasteiger partial charge in [-0.25, -0.2) is 0 Å². The largest absolute Gasteiger partial charge is 0.339 e. The molecule has 148 valence electrons. The lowest BCUT2D eigenvalue weighted by Crippen LogP contribution is -2.50. The summed E-state index contributed by atoms with van der Waals surface area (Å²) in [4.78, 5) is 29.4. The molecule has 7 heteroatoms. The Labute approximate surface area is 175 Å². The normalized spacial score (nSPS) is 14.1. The molecule has 1 heterocycles. The van der Waals surface area contributed by atoms with Crippen molar-refractivity contribution in [2.75, 3.05) is 37.6 Å². The van der Waals surface area contributed by atoms with Crippen molar-refractivity contribution in [1.82, 2.24) is 10.2 Å². The molecule has 3 rings (SSSR count). The highest BCUT2D eigenvalue weighted by Crippen LogP contribution is 2.28. The van der Waals surface area contributed by atoms with Crippen molar-refractivity contribution in [1.29, 1.82) is 0 Å². The second-order valence-electron chi connectivity index (χ2n) is 7.00. The lowest BCUT2D eigenvalue weighted by atomic mass is 10.1. The zero-order valence-corrected chi connectivity index (χ0v) is 17.5. The van der Waals surface area contributed by atoms with Gasteiger partial charge < -0.3 is 10.2 Å². The molecule has 2 aromatic rings. The lowest BCUT2D eigenvalue weighted by Gasteiger charge is -2.30. The van der Waals surface area contributed by atoms with E-state index < -0.39 is 0 Å². The van der Waals surface area contributed by atoms with Crippen molar-refractivity contribution in [2.45, 2.75) is 13.8 Å². The standard InChI is InChI=1S/C21H23Cl2N3O2/c1-14-9-15(2)11-16(10-14)21(28)26(17-3-4-18(22)19(23)12-17)13-20(27)25-7-5-24-6-8-25/h3-4,9-12,24H,5-8,13H2,1-2H3. The van der Waals surface area contributed by atoms with Crippen molar-refractivity contribution in [2.24, 2.45) is 0 Å². The van der Waals surface area contributed by atoms with Crippen molar-refractivity contribution >= 4 is 40.7 Å². The van der Waals surface area contributed by atoms with Crippen LogP contribution in [0.2, 0.25) is 10.0 Å². The molecule has 0 atom stereocenters. The van der Waals surface area contributed by atoms with Gasteiger partial charge in [-0.05, 0) is 44.2 Å². The molecule has 5 nitrogen and oxygen atoms in total. The number of benzene rings is 2. The number of anilines is 1. The molecule has 0 unspecified atom stereocenters. The summed E-state index contributed by atoms with van der Waals surface area (Å²) in [7, 11) is 0. The molecule has 0 aliphatic carbocycles. The number of amides is 2. The maximum absolute atomic E-state index is 13.3.